The molecule has 0 aliphatic carbocycles. The molecular formula is C21H26FNO3. The monoisotopic (exact) mass is 359 g/mol. The van der Waals surface area contributed by atoms with Crippen LogP contribution in [0, 0.1) is 5.82 Å². The third-order valence-corrected chi connectivity index (χ3v) is 4.39. The van der Waals surface area contributed by atoms with Gasteiger partial charge in [-0.1, -0.05) is 30.3 Å². The minimum absolute atomic E-state index is 0.103. The molecule has 2 aromatic carbocycles. The van der Waals surface area contributed by atoms with Crippen molar-refractivity contribution in [2.24, 2.45) is 0 Å². The fourth-order valence-electron chi connectivity index (χ4n) is 2.87. The second-order valence-corrected chi connectivity index (χ2v) is 6.39. The van der Waals surface area contributed by atoms with Crippen molar-refractivity contribution in [1.82, 2.24) is 5.32 Å². The molecule has 5 heteroatoms. The van der Waals surface area contributed by atoms with Crippen molar-refractivity contribution in [3.05, 3.63) is 65.0 Å². The number of carbonyl (C=O) groups is 1. The maximum atomic E-state index is 13.5. The van der Waals surface area contributed by atoms with Crippen molar-refractivity contribution in [1.29, 1.82) is 0 Å². The number of aryl methyl sites for hydroxylation is 2. The van der Waals surface area contributed by atoms with E-state index < -0.39 is 5.97 Å². The Morgan fingerprint density at radius 2 is 1.92 bits per heavy atom. The maximum Gasteiger partial charge on any atom is 0.303 e. The molecule has 0 radical (unpaired) electrons. The summed E-state index contributed by atoms with van der Waals surface area (Å²) in [7, 11) is 1.46. The second-order valence-electron chi connectivity index (χ2n) is 6.39. The lowest BCUT2D eigenvalue weighted by Gasteiger charge is -2.15. The standard InChI is InChI=1S/C21H26FNO3/c1-15(18-9-10-19(22)20(14-18)26-2)23-12-4-7-16-5-3-6-17(13-16)8-11-21(24)25/h3,5-6,9-10,13-15,23H,4,7-8,11-12H2,1-2H3,(H,24,25). The third-order valence-electron chi connectivity index (χ3n) is 4.39. The summed E-state index contributed by atoms with van der Waals surface area (Å²) in [6.45, 7) is 2.87. The van der Waals surface area contributed by atoms with Crippen LogP contribution in [0.2, 0.25) is 0 Å². The van der Waals surface area contributed by atoms with Crippen molar-refractivity contribution in [2.75, 3.05) is 13.7 Å². The van der Waals surface area contributed by atoms with Gasteiger partial charge in [-0.05, 0) is 61.6 Å². The molecular weight excluding hydrogens is 333 g/mol. The van der Waals surface area contributed by atoms with Crippen LogP contribution in [-0.4, -0.2) is 24.7 Å². The lowest BCUT2D eigenvalue weighted by atomic mass is 10.0. The largest absolute Gasteiger partial charge is 0.494 e. The number of nitrogens with one attached hydrogen (secondary N) is 1. The Hall–Kier alpha value is -2.40. The van der Waals surface area contributed by atoms with E-state index in [2.05, 4.69) is 17.4 Å². The first-order valence-electron chi connectivity index (χ1n) is 8.86. The molecule has 140 valence electrons. The van der Waals surface area contributed by atoms with E-state index in [0.29, 0.717) is 6.42 Å². The van der Waals surface area contributed by atoms with E-state index >= 15 is 0 Å². The molecule has 2 N–H and O–H groups in total. The fourth-order valence-corrected chi connectivity index (χ4v) is 2.87. The van der Waals surface area contributed by atoms with E-state index in [9.17, 15) is 9.18 Å². The van der Waals surface area contributed by atoms with E-state index in [4.69, 9.17) is 9.84 Å². The van der Waals surface area contributed by atoms with Gasteiger partial charge in [0.15, 0.2) is 11.6 Å². The predicted molar refractivity (Wildman–Crippen MR) is 100 cm³/mol. The van der Waals surface area contributed by atoms with Gasteiger partial charge in [0, 0.05) is 12.5 Å². The lowest BCUT2D eigenvalue weighted by Crippen LogP contribution is -2.20. The van der Waals surface area contributed by atoms with Gasteiger partial charge < -0.3 is 15.2 Å². The van der Waals surface area contributed by atoms with Gasteiger partial charge in [-0.2, -0.15) is 0 Å². The quantitative estimate of drug-likeness (QED) is 0.626. The molecule has 0 amide bonds. The zero-order valence-electron chi connectivity index (χ0n) is 15.3. The van der Waals surface area contributed by atoms with Gasteiger partial charge in [-0.25, -0.2) is 4.39 Å². The molecule has 0 spiro atoms. The zero-order chi connectivity index (χ0) is 18.9. The number of rotatable bonds is 10. The molecule has 0 fully saturated rings. The van der Waals surface area contributed by atoms with Crippen LogP contribution in [-0.2, 0) is 17.6 Å². The third kappa shape index (κ3) is 6.15. The normalized spacial score (nSPS) is 12.0. The van der Waals surface area contributed by atoms with Crippen molar-refractivity contribution in [3.63, 3.8) is 0 Å². The molecule has 4 nitrogen and oxygen atoms in total. The minimum Gasteiger partial charge on any atom is -0.494 e. The number of carboxylic acids is 1. The van der Waals surface area contributed by atoms with Crippen LogP contribution < -0.4 is 10.1 Å². The summed E-state index contributed by atoms with van der Waals surface area (Å²) in [6, 6.07) is 13.1. The fraction of sp³-hybridized carbons (Fsp3) is 0.381. The van der Waals surface area contributed by atoms with Gasteiger partial charge in [0.05, 0.1) is 7.11 Å². The van der Waals surface area contributed by atoms with Crippen molar-refractivity contribution in [2.45, 2.75) is 38.6 Å². The zero-order valence-corrected chi connectivity index (χ0v) is 15.3. The topological polar surface area (TPSA) is 58.6 Å². The van der Waals surface area contributed by atoms with Crippen LogP contribution >= 0.6 is 0 Å². The van der Waals surface area contributed by atoms with Crippen LogP contribution in [0.4, 0.5) is 4.39 Å². The van der Waals surface area contributed by atoms with E-state index in [1.165, 1.54) is 18.7 Å². The molecule has 2 aromatic rings. The van der Waals surface area contributed by atoms with Gasteiger partial charge in [0.25, 0.3) is 0 Å². The van der Waals surface area contributed by atoms with Crippen molar-refractivity contribution >= 4 is 5.97 Å². The van der Waals surface area contributed by atoms with E-state index in [0.717, 1.165) is 30.5 Å². The lowest BCUT2D eigenvalue weighted by molar-refractivity contribution is -0.136. The number of benzene rings is 2. The number of hydrogen-bond acceptors (Lipinski definition) is 3. The summed E-state index contributed by atoms with van der Waals surface area (Å²) in [5.41, 5.74) is 3.26. The van der Waals surface area contributed by atoms with Crippen LogP contribution in [0.25, 0.3) is 0 Å². The van der Waals surface area contributed by atoms with Crippen molar-refractivity contribution < 1.29 is 19.0 Å². The summed E-state index contributed by atoms with van der Waals surface area (Å²) in [5.74, 6) is -0.869. The first kappa shape index (κ1) is 19.9. The van der Waals surface area contributed by atoms with Gasteiger partial charge in [-0.3, -0.25) is 4.79 Å². The predicted octanol–water partition coefficient (Wildman–Crippen LogP) is 4.13. The smallest absolute Gasteiger partial charge is 0.303 e. The Morgan fingerprint density at radius 1 is 1.19 bits per heavy atom. The number of halogens is 1. The molecule has 1 unspecified atom stereocenters. The molecule has 0 bridgehead atoms. The first-order chi connectivity index (χ1) is 12.5. The summed E-state index contributed by atoms with van der Waals surface area (Å²) in [6.07, 6.45) is 2.60. The number of ether oxygens (including phenoxy) is 1. The summed E-state index contributed by atoms with van der Waals surface area (Å²) in [4.78, 5) is 10.7. The minimum atomic E-state index is -0.772. The Bertz CT molecular complexity index is 733. The molecule has 1 atom stereocenters. The molecule has 0 aromatic heterocycles. The van der Waals surface area contributed by atoms with Crippen LogP contribution in [0.15, 0.2) is 42.5 Å². The van der Waals surface area contributed by atoms with E-state index in [1.807, 2.05) is 19.1 Å². The van der Waals surface area contributed by atoms with E-state index in [-0.39, 0.29) is 24.0 Å². The van der Waals surface area contributed by atoms with Crippen LogP contribution in [0.5, 0.6) is 5.75 Å². The molecule has 0 saturated carbocycles. The second kappa shape index (κ2) is 9.92. The average molecular weight is 359 g/mol. The van der Waals surface area contributed by atoms with Gasteiger partial charge in [-0.15, -0.1) is 0 Å². The maximum absolute atomic E-state index is 13.5. The molecule has 0 aliphatic rings. The average Bonchev–Trinajstić information content (AvgIpc) is 2.64. The number of aliphatic carboxylic acids is 1. The molecule has 2 rings (SSSR count). The summed E-state index contributed by atoms with van der Waals surface area (Å²) < 4.78 is 18.5. The highest BCUT2D eigenvalue weighted by Gasteiger charge is 2.09. The highest BCUT2D eigenvalue weighted by Crippen LogP contribution is 2.22. The molecule has 0 aliphatic heterocycles. The number of methoxy groups -OCH3 is 1. The number of hydrogen-bond donors (Lipinski definition) is 2. The Labute approximate surface area is 154 Å². The molecule has 0 heterocycles. The Morgan fingerprint density at radius 3 is 2.62 bits per heavy atom. The van der Waals surface area contributed by atoms with Gasteiger partial charge in [0.1, 0.15) is 0 Å². The Balaban J connectivity index is 1.79. The SMILES string of the molecule is COc1cc(C(C)NCCCc2cccc(CCC(=O)O)c2)ccc1F. The summed E-state index contributed by atoms with van der Waals surface area (Å²) >= 11 is 0. The first-order valence-corrected chi connectivity index (χ1v) is 8.86. The van der Waals surface area contributed by atoms with Crippen LogP contribution in [0.1, 0.15) is 42.5 Å². The number of carboxylic acid groups (broad SMARTS) is 1. The Kier molecular flexibility index (Phi) is 7.60. The van der Waals surface area contributed by atoms with Gasteiger partial charge >= 0.3 is 5.97 Å². The van der Waals surface area contributed by atoms with E-state index in [1.54, 1.807) is 12.1 Å². The van der Waals surface area contributed by atoms with Crippen molar-refractivity contribution in [3.8, 4) is 5.75 Å². The van der Waals surface area contributed by atoms with Crippen LogP contribution in [0.3, 0.4) is 0 Å². The summed E-state index contributed by atoms with van der Waals surface area (Å²) in [5, 5.41) is 12.2. The molecule has 26 heavy (non-hydrogen) atoms. The van der Waals surface area contributed by atoms with Gasteiger partial charge in [0.2, 0.25) is 0 Å². The molecule has 0 saturated heterocycles. The highest BCUT2D eigenvalue weighted by molar-refractivity contribution is 5.67. The highest BCUT2D eigenvalue weighted by atomic mass is 19.1.